The number of methoxy groups -OCH3 is 1. The van der Waals surface area contributed by atoms with Gasteiger partial charge in [0.1, 0.15) is 17.1 Å². The van der Waals surface area contributed by atoms with Crippen molar-refractivity contribution in [3.63, 3.8) is 0 Å². The van der Waals surface area contributed by atoms with Crippen molar-refractivity contribution in [1.29, 1.82) is 0 Å². The van der Waals surface area contributed by atoms with Crippen molar-refractivity contribution in [2.45, 2.75) is 85.6 Å². The van der Waals surface area contributed by atoms with Crippen LogP contribution in [0, 0.1) is 18.8 Å². The fourth-order valence-corrected chi connectivity index (χ4v) is 6.23. The van der Waals surface area contributed by atoms with Gasteiger partial charge in [0, 0.05) is 44.8 Å². The van der Waals surface area contributed by atoms with E-state index < -0.39 is 0 Å². The van der Waals surface area contributed by atoms with E-state index in [2.05, 4.69) is 56.5 Å². The summed E-state index contributed by atoms with van der Waals surface area (Å²) in [7, 11) is 1.68. The molecule has 1 aliphatic carbocycles. The molecule has 1 amide bonds. The van der Waals surface area contributed by atoms with Crippen LogP contribution in [0.4, 0.5) is 11.5 Å². The first-order valence-corrected chi connectivity index (χ1v) is 18.4. The minimum Gasteiger partial charge on any atom is -0.483 e. The number of para-hydroxylation sites is 1. The number of nitrogens with zero attached hydrogens (tertiary/aromatic N) is 5. The van der Waals surface area contributed by atoms with Crippen molar-refractivity contribution in [2.24, 2.45) is 22.6 Å². The number of carbonyl (C=O) groups excluding carboxylic acids is 1. The van der Waals surface area contributed by atoms with Gasteiger partial charge in [0.05, 0.1) is 25.5 Å². The Morgan fingerprint density at radius 1 is 1.08 bits per heavy atom. The molecule has 0 spiro atoms. The van der Waals surface area contributed by atoms with Crippen LogP contribution in [0.15, 0.2) is 39.8 Å². The summed E-state index contributed by atoms with van der Waals surface area (Å²) < 4.78 is 16.9. The lowest BCUT2D eigenvalue weighted by molar-refractivity contribution is -0.123. The van der Waals surface area contributed by atoms with Crippen LogP contribution in [0.1, 0.15) is 88.9 Å². The molecule has 6 rings (SSSR count). The third kappa shape index (κ3) is 13.4. The predicted molar refractivity (Wildman–Crippen MR) is 211 cm³/mol. The van der Waals surface area contributed by atoms with Gasteiger partial charge in [0.25, 0.3) is 6.47 Å². The monoisotopic (exact) mass is 722 g/mol. The van der Waals surface area contributed by atoms with Gasteiger partial charge < -0.3 is 34.5 Å². The molecule has 3 N–H and O–H groups in total. The number of anilines is 1. The Hall–Kier alpha value is -4.13. The number of fused-ring (bicyclic) bond motifs is 3. The Morgan fingerprint density at radius 2 is 1.79 bits per heavy atom. The lowest BCUT2D eigenvalue weighted by Crippen LogP contribution is -2.37. The Balaban J connectivity index is 0.000000305. The van der Waals surface area contributed by atoms with Crippen molar-refractivity contribution in [1.82, 2.24) is 14.9 Å². The van der Waals surface area contributed by atoms with Gasteiger partial charge in [-0.2, -0.15) is 0 Å². The van der Waals surface area contributed by atoms with E-state index in [4.69, 9.17) is 39.5 Å². The number of carboxylic acid groups (broad SMARTS) is 1. The first-order valence-electron chi connectivity index (χ1n) is 18.4. The van der Waals surface area contributed by atoms with Crippen molar-refractivity contribution >= 4 is 48.3 Å². The van der Waals surface area contributed by atoms with Crippen LogP contribution >= 0.6 is 0 Å². The second-order valence-corrected chi connectivity index (χ2v) is 13.4. The number of rotatable bonds is 9. The second kappa shape index (κ2) is 24.2. The zero-order chi connectivity index (χ0) is 38.5. The number of hydrogen-bond donors (Lipinski definition) is 2. The molecule has 0 bridgehead atoms. The Morgan fingerprint density at radius 3 is 2.37 bits per heavy atom. The van der Waals surface area contributed by atoms with Gasteiger partial charge in [-0.3, -0.25) is 14.6 Å². The summed E-state index contributed by atoms with van der Waals surface area (Å²) >= 11 is 0. The van der Waals surface area contributed by atoms with Gasteiger partial charge in [-0.05, 0) is 88.3 Å². The molecule has 2 unspecified atom stereocenters. The maximum Gasteiger partial charge on any atom is 0.290 e. The van der Waals surface area contributed by atoms with E-state index in [9.17, 15) is 4.79 Å². The Bertz CT molecular complexity index is 1530. The maximum atomic E-state index is 10.3. The highest BCUT2D eigenvalue weighted by Crippen LogP contribution is 2.40. The summed E-state index contributed by atoms with van der Waals surface area (Å²) in [5.74, 6) is 4.61. The second-order valence-electron chi connectivity index (χ2n) is 13.4. The van der Waals surface area contributed by atoms with Crippen molar-refractivity contribution in [3.8, 4) is 0 Å². The van der Waals surface area contributed by atoms with Gasteiger partial charge in [-0.25, -0.2) is 9.97 Å². The number of ether oxygens (including phenoxy) is 2. The highest BCUT2D eigenvalue weighted by molar-refractivity contribution is 5.90. The molecule has 0 saturated carbocycles. The molecular formula is C40H62N6O6. The number of aromatic nitrogens is 2. The highest BCUT2D eigenvalue weighted by atomic mass is 16.5. The van der Waals surface area contributed by atoms with Crippen LogP contribution in [0.5, 0.6) is 0 Å². The van der Waals surface area contributed by atoms with E-state index >= 15 is 0 Å². The highest BCUT2D eigenvalue weighted by Gasteiger charge is 2.30. The van der Waals surface area contributed by atoms with Gasteiger partial charge >= 0.3 is 0 Å². The fraction of sp³-hybridized carbons (Fsp3) is 0.575. The summed E-state index contributed by atoms with van der Waals surface area (Å²) in [6.45, 7) is 21.6. The Labute approximate surface area is 310 Å². The summed E-state index contributed by atoms with van der Waals surface area (Å²) in [6.07, 6.45) is 10.5. The van der Waals surface area contributed by atoms with Crippen LogP contribution in [-0.4, -0.2) is 98.7 Å². The first kappa shape index (κ1) is 44.0. The largest absolute Gasteiger partial charge is 0.483 e. The molecule has 52 heavy (non-hydrogen) atoms. The van der Waals surface area contributed by atoms with Crippen LogP contribution < -0.4 is 10.6 Å². The molecule has 0 radical (unpaired) electrons. The number of benzene rings is 1. The van der Waals surface area contributed by atoms with Crippen LogP contribution in [0.25, 0.3) is 17.2 Å². The van der Waals surface area contributed by atoms with Crippen molar-refractivity contribution in [3.05, 3.63) is 53.1 Å². The number of amides is 1. The van der Waals surface area contributed by atoms with Crippen molar-refractivity contribution < 1.29 is 28.6 Å². The third-order valence-corrected chi connectivity index (χ3v) is 9.41. The van der Waals surface area contributed by atoms with E-state index in [1.54, 1.807) is 7.11 Å². The quantitative estimate of drug-likeness (QED) is 0.133. The number of piperidine rings is 1. The SMILES string of the molecule is C=Nc1ccccc1C.CC1CCN(C=O)C[C@@H]1C.CCN.COCCOCCc1nc(N2CCC[C@H]2C)c2oc3c(c2n1)C(C)CC=C3.O=CO. The van der Waals surface area contributed by atoms with Gasteiger partial charge in [0.15, 0.2) is 11.4 Å². The average molecular weight is 723 g/mol. The molecule has 12 nitrogen and oxygen atoms in total. The van der Waals surface area contributed by atoms with Gasteiger partial charge in [-0.1, -0.05) is 52.0 Å². The Kier molecular flexibility index (Phi) is 20.5. The summed E-state index contributed by atoms with van der Waals surface area (Å²) in [4.78, 5) is 36.6. The van der Waals surface area contributed by atoms with E-state index in [0.717, 1.165) is 79.1 Å². The summed E-state index contributed by atoms with van der Waals surface area (Å²) in [6, 6.07) is 8.39. The third-order valence-electron chi connectivity index (χ3n) is 9.41. The van der Waals surface area contributed by atoms with Crippen molar-refractivity contribution in [2.75, 3.05) is 58.0 Å². The zero-order valence-electron chi connectivity index (χ0n) is 32.4. The number of aryl methyl sites for hydroxylation is 1. The molecule has 2 aliphatic heterocycles. The number of hydrogen-bond acceptors (Lipinski definition) is 10. The lowest BCUT2D eigenvalue weighted by Gasteiger charge is -2.32. The normalized spacial score (nSPS) is 20.1. The number of carbonyl (C=O) groups is 2. The molecule has 4 atom stereocenters. The zero-order valence-corrected chi connectivity index (χ0v) is 32.4. The van der Waals surface area contributed by atoms with Crippen LogP contribution in [0.2, 0.25) is 0 Å². The van der Waals surface area contributed by atoms with E-state index in [1.165, 1.54) is 30.4 Å². The van der Waals surface area contributed by atoms with Gasteiger partial charge in [0.2, 0.25) is 6.41 Å². The van der Waals surface area contributed by atoms with E-state index in [-0.39, 0.29) is 6.47 Å². The van der Waals surface area contributed by atoms with E-state index in [0.29, 0.717) is 44.1 Å². The lowest BCUT2D eigenvalue weighted by atomic mass is 9.89. The smallest absolute Gasteiger partial charge is 0.290 e. The number of nitrogens with two attached hydrogens (primary N) is 1. The molecule has 2 aromatic heterocycles. The summed E-state index contributed by atoms with van der Waals surface area (Å²) in [5, 5.41) is 6.89. The molecule has 4 heterocycles. The minimum absolute atomic E-state index is 0.250. The topological polar surface area (TPSA) is 157 Å². The molecule has 2 fully saturated rings. The molecule has 2 saturated heterocycles. The first-order chi connectivity index (χ1) is 25.1. The van der Waals surface area contributed by atoms with Crippen LogP contribution in [-0.2, 0) is 25.5 Å². The molecule has 12 heteroatoms. The number of likely N-dealkylation sites (tertiary alicyclic amines) is 1. The fourth-order valence-electron chi connectivity index (χ4n) is 6.23. The molecule has 3 aliphatic rings. The standard InChI is InChI=1S/C21H29N3O3.C8H15NO.C8H9N.C2H7N.CH2O2/c1-14-6-4-8-16-18(14)19-20(27-16)21(24-10-5-7-15(24)2)23-17(22-19)9-11-26-13-12-25-3;1-7-3-4-9(6-10)5-8(7)2;1-7-5-3-4-6-8(7)9-2;1-2-3;2-1-3/h4,8,14-15H,5-7,9-13H2,1-3H3;6-8H,3-5H2,1-2H3;3-6H,2H2,1H3;2-3H2,1H3;1H,(H,2,3)/t14?,15-;7?,8-;;;/m10.../s1. The number of aliphatic imine (C=N–C) groups is 1. The van der Waals surface area contributed by atoms with E-state index in [1.807, 2.05) is 43.0 Å². The maximum absolute atomic E-state index is 10.3. The minimum atomic E-state index is -0.250. The number of allylic oxidation sites excluding steroid dienone is 1. The molecule has 3 aromatic rings. The average Bonchev–Trinajstić information content (AvgIpc) is 3.74. The molecular weight excluding hydrogens is 660 g/mol. The predicted octanol–water partition coefficient (Wildman–Crippen LogP) is 7.05. The van der Waals surface area contributed by atoms with Gasteiger partial charge in [-0.15, -0.1) is 0 Å². The molecule has 1 aromatic carbocycles. The molecule has 288 valence electrons. The number of furan rings is 1. The van der Waals surface area contributed by atoms with Crippen LogP contribution in [0.3, 0.4) is 0 Å². The summed E-state index contributed by atoms with van der Waals surface area (Å²) in [5.41, 5.74) is 10.0.